The number of nitrogens with two attached hydrogens (primary N) is 1. The van der Waals surface area contributed by atoms with E-state index in [1.54, 1.807) is 6.92 Å². The molecule has 0 bridgehead atoms. The van der Waals surface area contributed by atoms with E-state index in [4.69, 9.17) is 5.73 Å². The summed E-state index contributed by atoms with van der Waals surface area (Å²) in [7, 11) is 0. The van der Waals surface area contributed by atoms with E-state index in [1.807, 2.05) is 11.8 Å². The predicted molar refractivity (Wildman–Crippen MR) is 89.8 cm³/mol. The molecule has 2 amide bonds. The van der Waals surface area contributed by atoms with Gasteiger partial charge in [0.15, 0.2) is 0 Å². The van der Waals surface area contributed by atoms with Crippen LogP contribution in [-0.4, -0.2) is 41.4 Å². The number of piperidine rings is 1. The summed E-state index contributed by atoms with van der Waals surface area (Å²) in [6.07, 6.45) is 7.14. The molecule has 6 heteroatoms. The van der Waals surface area contributed by atoms with Crippen LogP contribution < -0.4 is 11.1 Å². The summed E-state index contributed by atoms with van der Waals surface area (Å²) >= 11 is 0. The molecule has 1 saturated carbocycles. The van der Waals surface area contributed by atoms with Gasteiger partial charge in [-0.05, 0) is 46.0 Å². The lowest BCUT2D eigenvalue weighted by molar-refractivity contribution is -0.138. The molecule has 0 spiro atoms. The number of halogens is 1. The standard InChI is InChI=1S/C16H29N3O2.ClH/c1-12(15(21)19-10-6-3-7-11-19)18-14(20)13-8-4-5-9-16(13,2)17;/h12-13H,3-11,17H2,1-2H3,(H,18,20);1H/t12-,13?,16?;/m0./s1. The van der Waals surface area contributed by atoms with Crippen molar-refractivity contribution < 1.29 is 9.59 Å². The number of hydrogen-bond acceptors (Lipinski definition) is 3. The number of amides is 2. The molecule has 0 aromatic carbocycles. The highest BCUT2D eigenvalue weighted by molar-refractivity contribution is 5.88. The molecule has 22 heavy (non-hydrogen) atoms. The van der Waals surface area contributed by atoms with Crippen molar-refractivity contribution in [3.8, 4) is 0 Å². The van der Waals surface area contributed by atoms with Gasteiger partial charge < -0.3 is 16.0 Å². The number of nitrogens with zero attached hydrogens (tertiary/aromatic N) is 1. The average molecular weight is 332 g/mol. The number of carbonyl (C=O) groups is 2. The first-order valence-corrected chi connectivity index (χ1v) is 8.30. The summed E-state index contributed by atoms with van der Waals surface area (Å²) in [4.78, 5) is 26.7. The molecule has 1 heterocycles. The van der Waals surface area contributed by atoms with Crippen LogP contribution in [0.15, 0.2) is 0 Å². The monoisotopic (exact) mass is 331 g/mol. The van der Waals surface area contributed by atoms with E-state index >= 15 is 0 Å². The maximum Gasteiger partial charge on any atom is 0.244 e. The molecule has 2 aliphatic rings. The van der Waals surface area contributed by atoms with E-state index in [1.165, 1.54) is 6.42 Å². The number of nitrogens with one attached hydrogen (secondary N) is 1. The maximum absolute atomic E-state index is 12.4. The molecule has 0 aromatic heterocycles. The van der Waals surface area contributed by atoms with Crippen LogP contribution in [0.25, 0.3) is 0 Å². The zero-order chi connectivity index (χ0) is 15.5. The smallest absolute Gasteiger partial charge is 0.244 e. The van der Waals surface area contributed by atoms with Crippen LogP contribution in [-0.2, 0) is 9.59 Å². The minimum Gasteiger partial charge on any atom is -0.344 e. The van der Waals surface area contributed by atoms with Crippen LogP contribution in [0.4, 0.5) is 0 Å². The van der Waals surface area contributed by atoms with E-state index < -0.39 is 11.6 Å². The minimum absolute atomic E-state index is 0. The van der Waals surface area contributed by atoms with Gasteiger partial charge in [-0.3, -0.25) is 9.59 Å². The molecule has 5 nitrogen and oxygen atoms in total. The quantitative estimate of drug-likeness (QED) is 0.828. The van der Waals surface area contributed by atoms with Gasteiger partial charge >= 0.3 is 0 Å². The van der Waals surface area contributed by atoms with Gasteiger partial charge in [-0.1, -0.05) is 12.8 Å². The Labute approximate surface area is 139 Å². The molecule has 2 fully saturated rings. The van der Waals surface area contributed by atoms with Crippen LogP contribution in [0.2, 0.25) is 0 Å². The number of hydrogen-bond donors (Lipinski definition) is 2. The Balaban J connectivity index is 0.00000242. The van der Waals surface area contributed by atoms with E-state index in [0.29, 0.717) is 0 Å². The van der Waals surface area contributed by atoms with E-state index in [2.05, 4.69) is 5.32 Å². The Bertz CT molecular complexity index is 395. The Kier molecular flexibility index (Phi) is 7.13. The molecule has 2 rings (SSSR count). The second-order valence-electron chi connectivity index (χ2n) is 6.92. The molecular formula is C16H30ClN3O2. The third kappa shape index (κ3) is 4.59. The summed E-state index contributed by atoms with van der Waals surface area (Å²) < 4.78 is 0. The van der Waals surface area contributed by atoms with Crippen LogP contribution in [0.5, 0.6) is 0 Å². The molecule has 2 unspecified atom stereocenters. The van der Waals surface area contributed by atoms with Crippen LogP contribution in [0.3, 0.4) is 0 Å². The summed E-state index contributed by atoms with van der Waals surface area (Å²) in [6, 6.07) is -0.451. The lowest BCUT2D eigenvalue weighted by atomic mass is 9.74. The van der Waals surface area contributed by atoms with Crippen LogP contribution in [0.1, 0.15) is 58.8 Å². The zero-order valence-corrected chi connectivity index (χ0v) is 14.6. The van der Waals surface area contributed by atoms with Gasteiger partial charge in [0.05, 0.1) is 5.92 Å². The van der Waals surface area contributed by atoms with Crippen molar-refractivity contribution in [1.29, 1.82) is 0 Å². The first kappa shape index (κ1) is 19.2. The predicted octanol–water partition coefficient (Wildman–Crippen LogP) is 1.83. The fourth-order valence-electron chi connectivity index (χ4n) is 3.55. The molecular weight excluding hydrogens is 302 g/mol. The second kappa shape index (κ2) is 8.16. The van der Waals surface area contributed by atoms with Gasteiger partial charge in [0.2, 0.25) is 11.8 Å². The largest absolute Gasteiger partial charge is 0.344 e. The van der Waals surface area contributed by atoms with Gasteiger partial charge in [0, 0.05) is 18.6 Å². The molecule has 1 saturated heterocycles. The molecule has 1 aliphatic carbocycles. The zero-order valence-electron chi connectivity index (χ0n) is 13.8. The van der Waals surface area contributed by atoms with Gasteiger partial charge in [-0.25, -0.2) is 0 Å². The number of likely N-dealkylation sites (tertiary alicyclic amines) is 1. The van der Waals surface area contributed by atoms with Crippen molar-refractivity contribution in [3.63, 3.8) is 0 Å². The Morgan fingerprint density at radius 3 is 2.41 bits per heavy atom. The second-order valence-corrected chi connectivity index (χ2v) is 6.92. The summed E-state index contributed by atoms with van der Waals surface area (Å²) in [5, 5.41) is 2.89. The number of carbonyl (C=O) groups excluding carboxylic acids is 2. The molecule has 0 radical (unpaired) electrons. The van der Waals surface area contributed by atoms with Gasteiger partial charge in [0.25, 0.3) is 0 Å². The highest BCUT2D eigenvalue weighted by Crippen LogP contribution is 2.31. The normalized spacial score (nSPS) is 30.1. The first-order chi connectivity index (χ1) is 9.92. The van der Waals surface area contributed by atoms with Crippen molar-refractivity contribution in [2.75, 3.05) is 13.1 Å². The molecule has 3 atom stereocenters. The van der Waals surface area contributed by atoms with Crippen molar-refractivity contribution in [3.05, 3.63) is 0 Å². The van der Waals surface area contributed by atoms with Crippen LogP contribution >= 0.6 is 12.4 Å². The lowest BCUT2D eigenvalue weighted by Crippen LogP contribution is -2.56. The van der Waals surface area contributed by atoms with Gasteiger partial charge in [-0.2, -0.15) is 0 Å². The van der Waals surface area contributed by atoms with Gasteiger partial charge in [-0.15, -0.1) is 12.4 Å². The van der Waals surface area contributed by atoms with Crippen molar-refractivity contribution in [1.82, 2.24) is 10.2 Å². The Hall–Kier alpha value is -0.810. The van der Waals surface area contributed by atoms with Crippen molar-refractivity contribution in [2.45, 2.75) is 70.4 Å². The molecule has 1 aliphatic heterocycles. The highest BCUT2D eigenvalue weighted by Gasteiger charge is 2.38. The lowest BCUT2D eigenvalue weighted by Gasteiger charge is -2.38. The topological polar surface area (TPSA) is 75.4 Å². The van der Waals surface area contributed by atoms with Crippen molar-refractivity contribution >= 4 is 24.2 Å². The van der Waals surface area contributed by atoms with E-state index in [-0.39, 0.29) is 30.1 Å². The maximum atomic E-state index is 12.4. The molecule has 3 N–H and O–H groups in total. The Morgan fingerprint density at radius 1 is 1.18 bits per heavy atom. The van der Waals surface area contributed by atoms with Gasteiger partial charge in [0.1, 0.15) is 6.04 Å². The molecule has 0 aromatic rings. The summed E-state index contributed by atoms with van der Waals surface area (Å²) in [5.41, 5.74) is 5.81. The third-order valence-corrected chi connectivity index (χ3v) is 4.97. The third-order valence-electron chi connectivity index (χ3n) is 4.97. The summed E-state index contributed by atoms with van der Waals surface area (Å²) in [5.74, 6) is -0.196. The summed E-state index contributed by atoms with van der Waals surface area (Å²) in [6.45, 7) is 5.37. The van der Waals surface area contributed by atoms with Crippen molar-refractivity contribution in [2.24, 2.45) is 11.7 Å². The fourth-order valence-corrected chi connectivity index (χ4v) is 3.55. The Morgan fingerprint density at radius 2 is 1.82 bits per heavy atom. The fraction of sp³-hybridized carbons (Fsp3) is 0.875. The van der Waals surface area contributed by atoms with E-state index in [0.717, 1.165) is 51.6 Å². The average Bonchev–Trinajstić information content (AvgIpc) is 2.46. The highest BCUT2D eigenvalue weighted by atomic mass is 35.5. The molecule has 128 valence electrons. The minimum atomic E-state index is -0.451. The number of rotatable bonds is 3. The SMILES string of the molecule is C[C@H](NC(=O)C1CCCCC1(C)N)C(=O)N1CCCCC1.Cl. The van der Waals surface area contributed by atoms with Crippen LogP contribution in [0, 0.1) is 5.92 Å². The first-order valence-electron chi connectivity index (χ1n) is 8.30. The van der Waals surface area contributed by atoms with E-state index in [9.17, 15) is 9.59 Å².